The summed E-state index contributed by atoms with van der Waals surface area (Å²) in [4.78, 5) is 12.6. The number of ether oxygens (including phenoxy) is 3. The molecule has 2 aromatic carbocycles. The summed E-state index contributed by atoms with van der Waals surface area (Å²) in [7, 11) is 3.17. The summed E-state index contributed by atoms with van der Waals surface area (Å²) in [6.07, 6.45) is 0. The Bertz CT molecular complexity index is 941. The van der Waals surface area contributed by atoms with Crippen LogP contribution in [0.15, 0.2) is 40.8 Å². The first-order valence-corrected chi connectivity index (χ1v) is 8.17. The van der Waals surface area contributed by atoms with Gasteiger partial charge in [0, 0.05) is 18.1 Å². The van der Waals surface area contributed by atoms with Gasteiger partial charge >= 0.3 is 5.97 Å². The van der Waals surface area contributed by atoms with Crippen molar-refractivity contribution in [3.05, 3.63) is 47.5 Å². The molecule has 1 aromatic heterocycles. The van der Waals surface area contributed by atoms with E-state index in [0.29, 0.717) is 34.6 Å². The molecule has 0 amide bonds. The van der Waals surface area contributed by atoms with Gasteiger partial charge in [0.2, 0.25) is 0 Å². The van der Waals surface area contributed by atoms with Crippen molar-refractivity contribution in [2.45, 2.75) is 13.5 Å². The second-order valence-corrected chi connectivity index (χ2v) is 5.66. The first kappa shape index (κ1) is 17.8. The van der Waals surface area contributed by atoms with Crippen molar-refractivity contribution in [1.29, 1.82) is 0 Å². The number of phenols is 1. The fraction of sp³-hybridized carbons (Fsp3) is 0.250. The maximum atomic E-state index is 12.6. The third-order valence-corrected chi connectivity index (χ3v) is 4.01. The Morgan fingerprint density at radius 1 is 1.15 bits per heavy atom. The monoisotopic (exact) mass is 356 g/mol. The quantitative estimate of drug-likeness (QED) is 0.669. The van der Waals surface area contributed by atoms with Crippen LogP contribution in [0.4, 0.5) is 0 Å². The number of phenolic OH excluding ortho intramolecular Hbond substituents is 1. The summed E-state index contributed by atoms with van der Waals surface area (Å²) in [6.45, 7) is 2.29. The van der Waals surface area contributed by atoms with Gasteiger partial charge in [0.1, 0.15) is 28.4 Å². The van der Waals surface area contributed by atoms with Crippen LogP contribution in [-0.4, -0.2) is 31.9 Å². The van der Waals surface area contributed by atoms with E-state index in [2.05, 4.69) is 0 Å². The molecule has 0 atom stereocenters. The van der Waals surface area contributed by atoms with E-state index < -0.39 is 5.97 Å². The van der Waals surface area contributed by atoms with Crippen LogP contribution in [0.2, 0.25) is 0 Å². The van der Waals surface area contributed by atoms with E-state index in [1.165, 1.54) is 12.1 Å². The number of hydrogen-bond donors (Lipinski definition) is 1. The Morgan fingerprint density at radius 2 is 1.96 bits per heavy atom. The van der Waals surface area contributed by atoms with Crippen LogP contribution < -0.4 is 4.74 Å². The predicted octanol–water partition coefficient (Wildman–Crippen LogP) is 4.14. The maximum absolute atomic E-state index is 12.6. The predicted molar refractivity (Wildman–Crippen MR) is 96.5 cm³/mol. The lowest BCUT2D eigenvalue weighted by molar-refractivity contribution is 0.0528. The normalized spacial score (nSPS) is 10.9. The second-order valence-electron chi connectivity index (χ2n) is 5.66. The second kappa shape index (κ2) is 7.49. The number of carbonyl (C=O) groups is 1. The van der Waals surface area contributed by atoms with Crippen LogP contribution in [0, 0.1) is 0 Å². The molecule has 0 fully saturated rings. The molecule has 0 unspecified atom stereocenters. The van der Waals surface area contributed by atoms with Gasteiger partial charge in [0.25, 0.3) is 0 Å². The molecule has 26 heavy (non-hydrogen) atoms. The summed E-state index contributed by atoms with van der Waals surface area (Å²) >= 11 is 0. The van der Waals surface area contributed by atoms with Gasteiger partial charge in [-0.05, 0) is 48.9 Å². The molecule has 6 nitrogen and oxygen atoms in total. The Kier molecular flexibility index (Phi) is 5.14. The number of rotatable bonds is 6. The van der Waals surface area contributed by atoms with E-state index in [1.54, 1.807) is 33.3 Å². The summed E-state index contributed by atoms with van der Waals surface area (Å²) in [5.74, 6) is 0.583. The van der Waals surface area contributed by atoms with Crippen molar-refractivity contribution in [2.24, 2.45) is 0 Å². The fourth-order valence-corrected chi connectivity index (χ4v) is 2.87. The van der Waals surface area contributed by atoms with Gasteiger partial charge in [0.15, 0.2) is 0 Å². The third-order valence-electron chi connectivity index (χ3n) is 4.01. The highest BCUT2D eigenvalue weighted by Gasteiger charge is 2.25. The molecule has 3 rings (SSSR count). The van der Waals surface area contributed by atoms with Gasteiger partial charge in [-0.1, -0.05) is 0 Å². The Morgan fingerprint density at radius 3 is 2.65 bits per heavy atom. The molecule has 0 saturated carbocycles. The van der Waals surface area contributed by atoms with Gasteiger partial charge < -0.3 is 23.7 Å². The minimum atomic E-state index is -0.508. The number of carbonyl (C=O) groups excluding carboxylic acids is 1. The molecule has 0 spiro atoms. The van der Waals surface area contributed by atoms with Crippen LogP contribution in [0.25, 0.3) is 22.3 Å². The van der Waals surface area contributed by atoms with E-state index in [4.69, 9.17) is 18.6 Å². The van der Waals surface area contributed by atoms with Crippen molar-refractivity contribution in [1.82, 2.24) is 0 Å². The lowest BCUT2D eigenvalue weighted by Gasteiger charge is -2.10. The molecule has 6 heteroatoms. The molecule has 0 bridgehead atoms. The highest BCUT2D eigenvalue weighted by molar-refractivity contribution is 6.09. The highest BCUT2D eigenvalue weighted by Crippen LogP contribution is 2.38. The minimum absolute atomic E-state index is 0.0437. The number of fused-ring (bicyclic) bond motifs is 1. The number of benzene rings is 2. The zero-order valence-corrected chi connectivity index (χ0v) is 14.9. The van der Waals surface area contributed by atoms with E-state index in [9.17, 15) is 9.90 Å². The van der Waals surface area contributed by atoms with Crippen LogP contribution in [-0.2, 0) is 16.1 Å². The zero-order valence-electron chi connectivity index (χ0n) is 14.9. The third kappa shape index (κ3) is 3.23. The summed E-state index contributed by atoms with van der Waals surface area (Å²) < 4.78 is 21.7. The van der Waals surface area contributed by atoms with Crippen LogP contribution in [0.3, 0.4) is 0 Å². The lowest BCUT2D eigenvalue weighted by Crippen LogP contribution is -2.06. The summed E-state index contributed by atoms with van der Waals surface area (Å²) in [6, 6.07) is 10.1. The molecule has 1 N–H and O–H groups in total. The van der Waals surface area contributed by atoms with Gasteiger partial charge in [0.05, 0.1) is 20.3 Å². The standard InChI is InChI=1S/C20H20O6/c1-4-25-20(22)18-16-10-13(21)5-8-17(16)26-19(18)15-7-6-14(24-3)9-12(15)11-23-2/h5-10,21H,4,11H2,1-3H3. The van der Waals surface area contributed by atoms with Crippen molar-refractivity contribution >= 4 is 16.9 Å². The summed E-state index contributed by atoms with van der Waals surface area (Å²) in [5, 5.41) is 10.3. The smallest absolute Gasteiger partial charge is 0.342 e. The van der Waals surface area contributed by atoms with Gasteiger partial charge in [-0.15, -0.1) is 0 Å². The SMILES string of the molecule is CCOC(=O)c1c(-c2ccc(OC)cc2COC)oc2ccc(O)cc12. The maximum Gasteiger partial charge on any atom is 0.342 e. The molecular weight excluding hydrogens is 336 g/mol. The number of methoxy groups -OCH3 is 2. The van der Waals surface area contributed by atoms with E-state index in [1.807, 2.05) is 12.1 Å². The average Bonchev–Trinajstić information content (AvgIpc) is 3.00. The number of esters is 1. The average molecular weight is 356 g/mol. The molecule has 0 radical (unpaired) electrons. The van der Waals surface area contributed by atoms with Crippen LogP contribution >= 0.6 is 0 Å². The molecule has 1 heterocycles. The van der Waals surface area contributed by atoms with Crippen LogP contribution in [0.1, 0.15) is 22.8 Å². The number of hydrogen-bond acceptors (Lipinski definition) is 6. The van der Waals surface area contributed by atoms with Crippen molar-refractivity contribution in [3.63, 3.8) is 0 Å². The van der Waals surface area contributed by atoms with Crippen LogP contribution in [0.5, 0.6) is 11.5 Å². The molecular formula is C20H20O6. The number of aromatic hydroxyl groups is 1. The topological polar surface area (TPSA) is 78.1 Å². The molecule has 0 aliphatic rings. The van der Waals surface area contributed by atoms with Gasteiger partial charge in [-0.25, -0.2) is 4.79 Å². The first-order valence-electron chi connectivity index (χ1n) is 8.17. The number of furan rings is 1. The molecule has 0 aliphatic heterocycles. The Balaban J connectivity index is 2.27. The molecule has 3 aromatic rings. The molecule has 0 saturated heterocycles. The van der Waals surface area contributed by atoms with E-state index in [-0.39, 0.29) is 17.9 Å². The fourth-order valence-electron chi connectivity index (χ4n) is 2.87. The van der Waals surface area contributed by atoms with Gasteiger partial charge in [-0.3, -0.25) is 0 Å². The van der Waals surface area contributed by atoms with Crippen molar-refractivity contribution in [3.8, 4) is 22.8 Å². The largest absolute Gasteiger partial charge is 0.508 e. The zero-order chi connectivity index (χ0) is 18.7. The lowest BCUT2D eigenvalue weighted by atomic mass is 10.0. The molecule has 0 aliphatic carbocycles. The summed E-state index contributed by atoms with van der Waals surface area (Å²) in [5.41, 5.74) is 2.27. The van der Waals surface area contributed by atoms with Crippen molar-refractivity contribution in [2.75, 3.05) is 20.8 Å². The molecule has 136 valence electrons. The highest BCUT2D eigenvalue weighted by atomic mass is 16.5. The Hall–Kier alpha value is -2.99. The minimum Gasteiger partial charge on any atom is -0.508 e. The van der Waals surface area contributed by atoms with Crippen molar-refractivity contribution < 1.29 is 28.5 Å². The van der Waals surface area contributed by atoms with E-state index >= 15 is 0 Å². The van der Waals surface area contributed by atoms with E-state index in [0.717, 1.165) is 5.56 Å². The van der Waals surface area contributed by atoms with Gasteiger partial charge in [-0.2, -0.15) is 0 Å². The Labute approximate surface area is 150 Å². The first-order chi connectivity index (χ1) is 12.6.